The highest BCUT2D eigenvalue weighted by Gasteiger charge is 2.65. The van der Waals surface area contributed by atoms with Crippen molar-refractivity contribution in [1.29, 1.82) is 0 Å². The Balaban J connectivity index is 1.32. The first-order valence-electron chi connectivity index (χ1n) is 23.2. The molecule has 358 valence electrons. The zero-order valence-corrected chi connectivity index (χ0v) is 37.9. The van der Waals surface area contributed by atoms with E-state index in [0.717, 1.165) is 24.0 Å². The molecule has 4 aliphatic rings. The second-order valence-electron chi connectivity index (χ2n) is 17.4. The monoisotopic (exact) mass is 932 g/mol. The Labute approximate surface area is 393 Å². The summed E-state index contributed by atoms with van der Waals surface area (Å²) in [6, 6.07) is 21.8. The van der Waals surface area contributed by atoms with Gasteiger partial charge in [-0.25, -0.2) is 0 Å². The molecule has 0 spiro atoms. The maximum absolute atomic E-state index is 15.2. The summed E-state index contributed by atoms with van der Waals surface area (Å²) in [5.74, 6) is -0.763. The second kappa shape index (κ2) is 21.4. The third kappa shape index (κ3) is 9.91. The zero-order valence-electron chi connectivity index (χ0n) is 37.9. The molecule has 17 heteroatoms. The highest BCUT2D eigenvalue weighted by Crippen LogP contribution is 2.62. The van der Waals surface area contributed by atoms with E-state index in [2.05, 4.69) is 12.7 Å². The molecule has 2 aliphatic carbocycles. The number of aliphatic hydroxyl groups excluding tert-OH is 2. The number of ether oxygens (including phenoxy) is 5. The fourth-order valence-corrected chi connectivity index (χ4v) is 10.2. The number of nitrogens with zero attached hydrogens (tertiary/aromatic N) is 4. The van der Waals surface area contributed by atoms with Gasteiger partial charge in [0, 0.05) is 61.4 Å². The lowest BCUT2D eigenvalue weighted by Gasteiger charge is -2.60. The fraction of sp³-hybridized carbons (Fsp3) is 0.412. The Bertz CT molecular complexity index is 2550. The van der Waals surface area contributed by atoms with Crippen LogP contribution in [0.25, 0.3) is 0 Å². The van der Waals surface area contributed by atoms with E-state index in [1.54, 1.807) is 59.5 Å². The number of hydrogen-bond acceptors (Lipinski definition) is 14. The number of hydrogen-bond donors (Lipinski definition) is 2. The average Bonchev–Trinajstić information content (AvgIpc) is 3.82. The van der Waals surface area contributed by atoms with Gasteiger partial charge in [0.2, 0.25) is 12.6 Å². The van der Waals surface area contributed by atoms with Crippen LogP contribution in [-0.2, 0) is 16.2 Å². The number of unbranched alkanes of at least 4 members (excludes halogenated alkanes) is 2. The molecule has 2 aliphatic heterocycles. The number of amides is 1. The molecule has 0 aromatic heterocycles. The molecule has 1 fully saturated rings. The van der Waals surface area contributed by atoms with Gasteiger partial charge < -0.3 is 43.6 Å². The van der Waals surface area contributed by atoms with Crippen molar-refractivity contribution in [2.24, 2.45) is 22.9 Å². The molecular weight excluding hydrogens is 877 g/mol. The summed E-state index contributed by atoms with van der Waals surface area (Å²) >= 11 is 0. The van der Waals surface area contributed by atoms with Crippen LogP contribution in [0, 0.1) is 38.0 Å². The summed E-state index contributed by atoms with van der Waals surface area (Å²) in [5.41, 5.74) is 3.06. The van der Waals surface area contributed by atoms with Crippen molar-refractivity contribution in [3.8, 4) is 28.7 Å². The van der Waals surface area contributed by atoms with Crippen LogP contribution >= 0.6 is 0 Å². The van der Waals surface area contributed by atoms with Crippen LogP contribution in [-0.4, -0.2) is 81.6 Å². The zero-order chi connectivity index (χ0) is 47.8. The standard InChI is InChI=1S/C51H56N4O13/c1-3-22-53(50(58)35-16-20-45-46(27-35)64-32-63-45)47-30-43(52-66-31-33-14-17-36(18-15-33)54(59)60)41-26-34(10-5-7-23-56)40(13-6-8-24-57)48-42-29-39(67-38-12-9-11-37(28-38)55(61)62)19-21-44(42)68-51(47,49(41)48)65-25-4-2/h4,9,11-12,14-21,26-29,34,40,47-49,56-57H,2-3,5-8,10,13,22-25,30-32H2,1H3. The molecule has 8 rings (SSSR count). The van der Waals surface area contributed by atoms with Crippen LogP contribution in [0.15, 0.2) is 114 Å². The van der Waals surface area contributed by atoms with Gasteiger partial charge >= 0.3 is 0 Å². The number of carbonyl (C=O) groups excluding carboxylic acids is 1. The Morgan fingerprint density at radius 1 is 0.897 bits per heavy atom. The predicted octanol–water partition coefficient (Wildman–Crippen LogP) is 9.41. The lowest BCUT2D eigenvalue weighted by Crippen LogP contribution is -2.70. The van der Waals surface area contributed by atoms with E-state index in [4.69, 9.17) is 33.7 Å². The lowest BCUT2D eigenvalue weighted by molar-refractivity contribution is -0.385. The first-order chi connectivity index (χ1) is 33.1. The quantitative estimate of drug-likeness (QED) is 0.0326. The first kappa shape index (κ1) is 47.7. The van der Waals surface area contributed by atoms with Crippen LogP contribution in [0.1, 0.15) is 85.7 Å². The maximum atomic E-state index is 15.2. The van der Waals surface area contributed by atoms with Gasteiger partial charge in [-0.1, -0.05) is 43.1 Å². The predicted molar refractivity (Wildman–Crippen MR) is 250 cm³/mol. The van der Waals surface area contributed by atoms with Gasteiger partial charge in [0.25, 0.3) is 17.3 Å². The van der Waals surface area contributed by atoms with E-state index in [9.17, 15) is 30.4 Å². The Hall–Kier alpha value is -6.82. The lowest BCUT2D eigenvalue weighted by atomic mass is 9.55. The highest BCUT2D eigenvalue weighted by atomic mass is 16.7. The van der Waals surface area contributed by atoms with Crippen LogP contribution in [0.5, 0.6) is 28.7 Å². The van der Waals surface area contributed by atoms with Crippen LogP contribution < -0.4 is 18.9 Å². The van der Waals surface area contributed by atoms with Crippen LogP contribution in [0.2, 0.25) is 0 Å². The number of carbonyl (C=O) groups is 1. The SMILES string of the molecule is C=CCOC12Oc3ccc(Oc4cccc([N+](=O)[O-])c4)cc3C3C(CCCCO)C(CCCCO)C=C(C(=NOCc4ccc([N+](=O)[O-])cc4)CC1N(CCC)C(=O)c1ccc4c(c1)OCO4)C32. The van der Waals surface area contributed by atoms with E-state index in [-0.39, 0.29) is 80.4 Å². The van der Waals surface area contributed by atoms with Gasteiger partial charge in [-0.2, -0.15) is 0 Å². The van der Waals surface area contributed by atoms with Crippen molar-refractivity contribution in [2.45, 2.75) is 82.6 Å². The molecule has 1 amide bonds. The van der Waals surface area contributed by atoms with Crippen molar-refractivity contribution in [2.75, 3.05) is 33.2 Å². The van der Waals surface area contributed by atoms with Crippen molar-refractivity contribution >= 4 is 23.0 Å². The van der Waals surface area contributed by atoms with Gasteiger partial charge in [0.15, 0.2) is 11.5 Å². The first-order valence-corrected chi connectivity index (χ1v) is 23.2. The molecule has 6 atom stereocenters. The third-order valence-corrected chi connectivity index (χ3v) is 13.2. The molecule has 0 bridgehead atoms. The molecule has 17 nitrogen and oxygen atoms in total. The van der Waals surface area contributed by atoms with Gasteiger partial charge in [-0.3, -0.25) is 25.0 Å². The second-order valence-corrected chi connectivity index (χ2v) is 17.4. The molecule has 0 radical (unpaired) electrons. The maximum Gasteiger partial charge on any atom is 0.273 e. The van der Waals surface area contributed by atoms with E-state index in [1.165, 1.54) is 24.3 Å². The summed E-state index contributed by atoms with van der Waals surface area (Å²) < 4.78 is 32.1. The number of fused-ring (bicyclic) bond motifs is 3. The van der Waals surface area contributed by atoms with Gasteiger partial charge in [0.1, 0.15) is 29.9 Å². The number of rotatable bonds is 22. The summed E-state index contributed by atoms with van der Waals surface area (Å²) in [7, 11) is 0. The molecule has 4 aromatic carbocycles. The fourth-order valence-electron chi connectivity index (χ4n) is 10.2. The largest absolute Gasteiger partial charge is 0.459 e. The number of nitro benzene ring substituents is 2. The molecule has 4 aromatic rings. The Morgan fingerprint density at radius 3 is 2.37 bits per heavy atom. The van der Waals surface area contributed by atoms with Gasteiger partial charge in [0.05, 0.1) is 34.1 Å². The minimum absolute atomic E-state index is 0.00182. The van der Waals surface area contributed by atoms with Gasteiger partial charge in [-0.15, -0.1) is 6.58 Å². The molecule has 6 unspecified atom stereocenters. The Morgan fingerprint density at radius 2 is 1.63 bits per heavy atom. The molecule has 1 saturated carbocycles. The summed E-state index contributed by atoms with van der Waals surface area (Å²) in [4.78, 5) is 45.3. The van der Waals surface area contributed by atoms with E-state index >= 15 is 4.79 Å². The van der Waals surface area contributed by atoms with Crippen LogP contribution in [0.3, 0.4) is 0 Å². The van der Waals surface area contributed by atoms with Crippen molar-refractivity contribution in [3.63, 3.8) is 0 Å². The molecule has 0 saturated heterocycles. The van der Waals surface area contributed by atoms with E-state index < -0.39 is 27.6 Å². The number of non-ortho nitro benzene ring substituents is 2. The number of allylic oxidation sites excluding steroid dienone is 1. The van der Waals surface area contributed by atoms with Crippen LogP contribution in [0.4, 0.5) is 11.4 Å². The van der Waals surface area contributed by atoms with Crippen molar-refractivity contribution in [1.82, 2.24) is 4.90 Å². The summed E-state index contributed by atoms with van der Waals surface area (Å²) in [5, 5.41) is 48.0. The van der Waals surface area contributed by atoms with E-state index in [0.29, 0.717) is 78.5 Å². The van der Waals surface area contributed by atoms with Crippen molar-refractivity contribution in [3.05, 3.63) is 146 Å². The Kier molecular flexibility index (Phi) is 15.0. The highest BCUT2D eigenvalue weighted by molar-refractivity contribution is 6.03. The molecule has 2 N–H and O–H groups in total. The topological polar surface area (TPSA) is 215 Å². The van der Waals surface area contributed by atoms with E-state index in [1.807, 2.05) is 19.1 Å². The normalized spacial score (nSPS) is 22.5. The van der Waals surface area contributed by atoms with Crippen molar-refractivity contribution < 1.29 is 53.4 Å². The van der Waals surface area contributed by atoms with Gasteiger partial charge in [-0.05, 0) is 110 Å². The summed E-state index contributed by atoms with van der Waals surface area (Å²) in [6.07, 6.45) is 8.65. The average molecular weight is 933 g/mol. The molecular formula is C51H56N4O13. The molecule has 2 heterocycles. The smallest absolute Gasteiger partial charge is 0.273 e. The minimum atomic E-state index is -1.54. The number of nitro groups is 2. The number of aliphatic hydroxyl groups is 2. The molecule has 68 heavy (non-hydrogen) atoms. The third-order valence-electron chi connectivity index (χ3n) is 13.2. The number of oxime groups is 1. The minimum Gasteiger partial charge on any atom is -0.459 e. The summed E-state index contributed by atoms with van der Waals surface area (Å²) in [6.45, 7) is 6.47. The number of benzene rings is 4.